The molecular weight excluding hydrogens is 424 g/mol. The van der Waals surface area contributed by atoms with Gasteiger partial charge >= 0.3 is 0 Å². The summed E-state index contributed by atoms with van der Waals surface area (Å²) < 4.78 is 0. The number of nitriles is 1. The average molecular weight is 459 g/mol. The molecule has 1 atom stereocenters. The van der Waals surface area contributed by atoms with E-state index in [1.54, 1.807) is 6.20 Å². The fourth-order valence-electron chi connectivity index (χ4n) is 5.31. The van der Waals surface area contributed by atoms with Gasteiger partial charge in [-0.1, -0.05) is 12.8 Å². The molecule has 0 N–H and O–H groups in total. The van der Waals surface area contributed by atoms with Crippen LogP contribution in [0.3, 0.4) is 0 Å². The van der Waals surface area contributed by atoms with Crippen molar-refractivity contribution in [2.24, 2.45) is 5.92 Å². The number of nitrogens with zero attached hydrogens (tertiary/aromatic N) is 4. The van der Waals surface area contributed by atoms with E-state index in [0.717, 1.165) is 54.9 Å². The number of carbonyl (C=O) groups excluding carboxylic acids is 2. The Morgan fingerprint density at radius 1 is 1.12 bits per heavy atom. The van der Waals surface area contributed by atoms with Crippen molar-refractivity contribution in [1.29, 1.82) is 5.26 Å². The molecule has 1 aromatic carbocycles. The number of piperazine rings is 1. The zero-order chi connectivity index (χ0) is 24.2. The van der Waals surface area contributed by atoms with E-state index >= 15 is 0 Å². The molecule has 0 bridgehead atoms. The van der Waals surface area contributed by atoms with E-state index in [0.29, 0.717) is 23.6 Å². The summed E-state index contributed by atoms with van der Waals surface area (Å²) in [6.07, 6.45) is 6.28. The standard InChI is InChI=1S/C28H34N4O2/c1-19-8-9-24(16-30-19)27(33)14-25-12-22(15-29)13-26(21(25)3)18-31-10-11-32(20(2)17-31)28(34)23-6-4-5-7-23/h8-9,12-13,16,20,23H,4-7,10-11,14,17-18H2,1-3H3/t20-/m0/s1. The van der Waals surface area contributed by atoms with E-state index in [2.05, 4.69) is 27.8 Å². The smallest absolute Gasteiger partial charge is 0.226 e. The summed E-state index contributed by atoms with van der Waals surface area (Å²) in [5.74, 6) is 0.551. The van der Waals surface area contributed by atoms with Crippen molar-refractivity contribution in [1.82, 2.24) is 14.8 Å². The van der Waals surface area contributed by atoms with E-state index in [1.807, 2.05) is 38.1 Å². The van der Waals surface area contributed by atoms with Gasteiger partial charge in [-0.3, -0.25) is 19.5 Å². The number of rotatable bonds is 6. The predicted molar refractivity (Wildman–Crippen MR) is 131 cm³/mol. The molecule has 0 unspecified atom stereocenters. The number of amides is 1. The van der Waals surface area contributed by atoms with Crippen molar-refractivity contribution in [3.8, 4) is 6.07 Å². The summed E-state index contributed by atoms with van der Waals surface area (Å²) in [6.45, 7) is 9.17. The lowest BCUT2D eigenvalue weighted by atomic mass is 9.93. The Kier molecular flexibility index (Phi) is 7.43. The Hall–Kier alpha value is -3.04. The van der Waals surface area contributed by atoms with Gasteiger partial charge in [0.2, 0.25) is 5.91 Å². The van der Waals surface area contributed by atoms with Crippen LogP contribution in [0.15, 0.2) is 30.5 Å². The Bertz CT molecular complexity index is 1100. The van der Waals surface area contributed by atoms with Crippen molar-refractivity contribution >= 4 is 11.7 Å². The van der Waals surface area contributed by atoms with Crippen LogP contribution < -0.4 is 0 Å². The number of pyridine rings is 1. The molecule has 1 amide bonds. The van der Waals surface area contributed by atoms with Crippen molar-refractivity contribution in [2.45, 2.75) is 65.5 Å². The first kappa shape index (κ1) is 24.1. The van der Waals surface area contributed by atoms with Crippen LogP contribution in [-0.2, 0) is 17.8 Å². The molecular formula is C28H34N4O2. The van der Waals surface area contributed by atoms with Crippen LogP contribution in [0.4, 0.5) is 0 Å². The number of hydrogen-bond acceptors (Lipinski definition) is 5. The van der Waals surface area contributed by atoms with Gasteiger partial charge in [0.1, 0.15) is 0 Å². The lowest BCUT2D eigenvalue weighted by Crippen LogP contribution is -2.54. The maximum absolute atomic E-state index is 12.9. The molecule has 1 aromatic heterocycles. The van der Waals surface area contributed by atoms with E-state index in [4.69, 9.17) is 0 Å². The van der Waals surface area contributed by atoms with Crippen LogP contribution in [0.25, 0.3) is 0 Å². The third-order valence-corrected chi connectivity index (χ3v) is 7.43. The molecule has 1 saturated heterocycles. The average Bonchev–Trinajstić information content (AvgIpc) is 3.36. The highest BCUT2D eigenvalue weighted by Crippen LogP contribution is 2.28. The number of aromatic nitrogens is 1. The third-order valence-electron chi connectivity index (χ3n) is 7.43. The largest absolute Gasteiger partial charge is 0.337 e. The molecule has 0 spiro atoms. The van der Waals surface area contributed by atoms with E-state index < -0.39 is 0 Å². The van der Waals surface area contributed by atoms with Gasteiger partial charge < -0.3 is 4.90 Å². The second kappa shape index (κ2) is 10.5. The highest BCUT2D eigenvalue weighted by molar-refractivity contribution is 5.97. The first-order valence-electron chi connectivity index (χ1n) is 12.4. The molecule has 2 heterocycles. The molecule has 6 nitrogen and oxygen atoms in total. The SMILES string of the molecule is Cc1ccc(C(=O)Cc2cc(C#N)cc(CN3CCN(C(=O)C4CCCC4)[C@@H](C)C3)c2C)cn1. The molecule has 0 radical (unpaired) electrons. The first-order chi connectivity index (χ1) is 16.4. The molecule has 6 heteroatoms. The normalized spacial score (nSPS) is 19.2. The van der Waals surface area contributed by atoms with Crippen molar-refractivity contribution < 1.29 is 9.59 Å². The lowest BCUT2D eigenvalue weighted by molar-refractivity contribution is -0.140. The molecule has 2 aliphatic rings. The topological polar surface area (TPSA) is 77.3 Å². The van der Waals surface area contributed by atoms with Gasteiger partial charge in [0.05, 0.1) is 11.6 Å². The number of carbonyl (C=O) groups is 2. The van der Waals surface area contributed by atoms with E-state index in [9.17, 15) is 14.9 Å². The van der Waals surface area contributed by atoms with Gasteiger partial charge in [-0.2, -0.15) is 5.26 Å². The van der Waals surface area contributed by atoms with E-state index in [1.165, 1.54) is 12.8 Å². The van der Waals surface area contributed by atoms with E-state index in [-0.39, 0.29) is 24.2 Å². The second-order valence-electron chi connectivity index (χ2n) is 9.92. The molecule has 178 valence electrons. The number of hydrogen-bond donors (Lipinski definition) is 0. The van der Waals surface area contributed by atoms with Gasteiger partial charge in [-0.25, -0.2) is 0 Å². The van der Waals surface area contributed by atoms with Crippen molar-refractivity contribution in [2.75, 3.05) is 19.6 Å². The zero-order valence-corrected chi connectivity index (χ0v) is 20.5. The van der Waals surface area contributed by atoms with Crippen LogP contribution in [0.2, 0.25) is 0 Å². The van der Waals surface area contributed by atoms with Crippen molar-refractivity contribution in [3.05, 3.63) is 64.0 Å². The highest BCUT2D eigenvalue weighted by Gasteiger charge is 2.33. The summed E-state index contributed by atoms with van der Waals surface area (Å²) in [5, 5.41) is 9.60. The summed E-state index contributed by atoms with van der Waals surface area (Å²) in [5.41, 5.74) is 5.07. The Labute approximate surface area is 202 Å². The molecule has 2 aromatic rings. The fourth-order valence-corrected chi connectivity index (χ4v) is 5.31. The van der Waals surface area contributed by atoms with Gasteiger partial charge in [0.25, 0.3) is 0 Å². The summed E-state index contributed by atoms with van der Waals surface area (Å²) in [7, 11) is 0. The number of ketones is 1. The summed E-state index contributed by atoms with van der Waals surface area (Å²) in [4.78, 5) is 34.5. The maximum Gasteiger partial charge on any atom is 0.226 e. The zero-order valence-electron chi connectivity index (χ0n) is 20.5. The van der Waals surface area contributed by atoms with Crippen LogP contribution in [0.1, 0.15) is 70.9 Å². The number of benzene rings is 1. The minimum Gasteiger partial charge on any atom is -0.337 e. The fraction of sp³-hybridized carbons (Fsp3) is 0.500. The highest BCUT2D eigenvalue weighted by atomic mass is 16.2. The Balaban J connectivity index is 1.46. The van der Waals surface area contributed by atoms with Gasteiger partial charge in [-0.15, -0.1) is 0 Å². The second-order valence-corrected chi connectivity index (χ2v) is 9.92. The minimum atomic E-state index is 0.00398. The van der Waals surface area contributed by atoms with Crippen LogP contribution >= 0.6 is 0 Å². The minimum absolute atomic E-state index is 0.00398. The van der Waals surface area contributed by atoms with Crippen LogP contribution in [0, 0.1) is 31.1 Å². The predicted octanol–water partition coefficient (Wildman–Crippen LogP) is 4.22. The molecule has 34 heavy (non-hydrogen) atoms. The van der Waals surface area contributed by atoms with Crippen LogP contribution in [0.5, 0.6) is 0 Å². The third kappa shape index (κ3) is 5.37. The monoisotopic (exact) mass is 458 g/mol. The van der Waals surface area contributed by atoms with Crippen molar-refractivity contribution in [3.63, 3.8) is 0 Å². The molecule has 1 aliphatic heterocycles. The van der Waals surface area contributed by atoms with Gasteiger partial charge in [-0.05, 0) is 74.6 Å². The Morgan fingerprint density at radius 3 is 2.50 bits per heavy atom. The number of Topliss-reactive ketones (excluding diaryl/α,β-unsaturated/α-hetero) is 1. The molecule has 4 rings (SSSR count). The quantitative estimate of drug-likeness (QED) is 0.606. The molecule has 1 aliphatic carbocycles. The first-order valence-corrected chi connectivity index (χ1v) is 12.4. The summed E-state index contributed by atoms with van der Waals surface area (Å²) in [6, 6.07) is 9.86. The molecule has 1 saturated carbocycles. The number of aryl methyl sites for hydroxylation is 1. The Morgan fingerprint density at radius 2 is 1.85 bits per heavy atom. The lowest BCUT2D eigenvalue weighted by Gasteiger charge is -2.41. The van der Waals surface area contributed by atoms with Gasteiger partial charge in [0, 0.05) is 62.0 Å². The summed E-state index contributed by atoms with van der Waals surface area (Å²) >= 11 is 0. The van der Waals surface area contributed by atoms with Gasteiger partial charge in [0.15, 0.2) is 5.78 Å². The van der Waals surface area contributed by atoms with Crippen LogP contribution in [-0.4, -0.2) is 52.2 Å². The maximum atomic E-state index is 12.9. The molecule has 2 fully saturated rings.